The van der Waals surface area contributed by atoms with Crippen molar-refractivity contribution in [3.8, 4) is 0 Å². The predicted octanol–water partition coefficient (Wildman–Crippen LogP) is 2.95. The van der Waals surface area contributed by atoms with Crippen LogP contribution in [0.5, 0.6) is 0 Å². The van der Waals surface area contributed by atoms with Crippen LogP contribution in [-0.4, -0.2) is 37.8 Å². The SMILES string of the molecule is CC(C)(C)OC(=O)[C@H]1C(CCS(=O)(=O)c2ccc(F)cc2)CNC1(C)C. The molecule has 0 amide bonds. The van der Waals surface area contributed by atoms with E-state index in [4.69, 9.17) is 4.74 Å². The van der Waals surface area contributed by atoms with Gasteiger partial charge in [0.2, 0.25) is 0 Å². The summed E-state index contributed by atoms with van der Waals surface area (Å²) in [6.45, 7) is 9.85. The molecule has 0 radical (unpaired) electrons. The number of nitrogens with one attached hydrogen (secondary N) is 1. The van der Waals surface area contributed by atoms with Gasteiger partial charge in [0.15, 0.2) is 9.84 Å². The highest BCUT2D eigenvalue weighted by molar-refractivity contribution is 7.91. The van der Waals surface area contributed by atoms with E-state index in [0.717, 1.165) is 12.1 Å². The summed E-state index contributed by atoms with van der Waals surface area (Å²) in [5.74, 6) is -1.45. The minimum absolute atomic E-state index is 0.0953. The van der Waals surface area contributed by atoms with E-state index in [2.05, 4.69) is 5.32 Å². The maximum atomic E-state index is 13.0. The third-order valence-electron chi connectivity index (χ3n) is 4.66. The lowest BCUT2D eigenvalue weighted by Crippen LogP contribution is -2.45. The maximum absolute atomic E-state index is 13.0. The summed E-state index contributed by atoms with van der Waals surface area (Å²) in [6.07, 6.45) is 0.333. The zero-order valence-corrected chi connectivity index (χ0v) is 16.8. The number of rotatable bonds is 5. The van der Waals surface area contributed by atoms with Crippen molar-refractivity contribution in [2.24, 2.45) is 11.8 Å². The van der Waals surface area contributed by atoms with Gasteiger partial charge in [0.05, 0.1) is 16.6 Å². The van der Waals surface area contributed by atoms with Gasteiger partial charge >= 0.3 is 5.97 Å². The fourth-order valence-corrected chi connectivity index (χ4v) is 4.80. The topological polar surface area (TPSA) is 72.5 Å². The smallest absolute Gasteiger partial charge is 0.311 e. The number of benzene rings is 1. The fourth-order valence-electron chi connectivity index (χ4n) is 3.40. The monoisotopic (exact) mass is 385 g/mol. The molecule has 0 aliphatic carbocycles. The zero-order valence-electron chi connectivity index (χ0n) is 16.0. The van der Waals surface area contributed by atoms with E-state index in [9.17, 15) is 17.6 Å². The molecule has 1 aliphatic heterocycles. The molecule has 0 spiro atoms. The second-order valence-corrected chi connectivity index (χ2v) is 10.5. The van der Waals surface area contributed by atoms with Crippen molar-refractivity contribution in [2.45, 2.75) is 57.1 Å². The number of carbonyl (C=O) groups excluding carboxylic acids is 1. The molecule has 0 saturated carbocycles. The molecule has 1 saturated heterocycles. The molecule has 5 nitrogen and oxygen atoms in total. The molecule has 0 bridgehead atoms. The molecule has 1 heterocycles. The molecule has 2 rings (SSSR count). The lowest BCUT2D eigenvalue weighted by molar-refractivity contribution is -0.163. The van der Waals surface area contributed by atoms with E-state index in [-0.39, 0.29) is 22.5 Å². The quantitative estimate of drug-likeness (QED) is 0.623. The van der Waals surface area contributed by atoms with Gasteiger partial charge in [0.25, 0.3) is 0 Å². The molecule has 0 aromatic heterocycles. The number of hydrogen-bond donors (Lipinski definition) is 1. The van der Waals surface area contributed by atoms with Crippen LogP contribution in [0.15, 0.2) is 29.2 Å². The van der Waals surface area contributed by atoms with Crippen LogP contribution >= 0.6 is 0 Å². The summed E-state index contributed by atoms with van der Waals surface area (Å²) in [7, 11) is -3.53. The third-order valence-corrected chi connectivity index (χ3v) is 6.42. The van der Waals surface area contributed by atoms with Crippen LogP contribution in [0.25, 0.3) is 0 Å². The molecule has 1 aromatic rings. The van der Waals surface area contributed by atoms with Gasteiger partial charge in [-0.1, -0.05) is 0 Å². The zero-order chi connectivity index (χ0) is 19.8. The summed E-state index contributed by atoms with van der Waals surface area (Å²) in [5, 5.41) is 3.30. The van der Waals surface area contributed by atoms with Crippen LogP contribution in [0.4, 0.5) is 4.39 Å². The van der Waals surface area contributed by atoms with Crippen molar-refractivity contribution in [1.29, 1.82) is 0 Å². The standard InChI is InChI=1S/C19H28FNO4S/c1-18(2,3)25-17(22)16-13(12-21-19(16,4)5)10-11-26(23,24)15-8-6-14(20)7-9-15/h6-9,13,16,21H,10-12H2,1-5H3/t13?,16-/m1/s1. The molecule has 1 N–H and O–H groups in total. The first-order chi connectivity index (χ1) is 11.8. The molecular weight excluding hydrogens is 357 g/mol. The fraction of sp³-hybridized carbons (Fsp3) is 0.632. The molecule has 1 fully saturated rings. The van der Waals surface area contributed by atoms with E-state index in [1.807, 2.05) is 34.6 Å². The number of hydrogen-bond acceptors (Lipinski definition) is 5. The van der Waals surface area contributed by atoms with Crippen molar-refractivity contribution >= 4 is 15.8 Å². The third kappa shape index (κ3) is 5.04. The van der Waals surface area contributed by atoms with E-state index < -0.39 is 32.7 Å². The summed E-state index contributed by atoms with van der Waals surface area (Å²) in [6, 6.07) is 4.81. The highest BCUT2D eigenvalue weighted by Gasteiger charge is 2.48. The summed E-state index contributed by atoms with van der Waals surface area (Å²) in [5.41, 5.74) is -1.06. The highest BCUT2D eigenvalue weighted by Crippen LogP contribution is 2.35. The minimum atomic E-state index is -3.53. The van der Waals surface area contributed by atoms with Gasteiger partial charge in [-0.2, -0.15) is 0 Å². The Kier molecular flexibility index (Phi) is 5.83. The van der Waals surface area contributed by atoms with E-state index in [1.54, 1.807) is 0 Å². The first-order valence-corrected chi connectivity index (χ1v) is 10.4. The maximum Gasteiger partial charge on any atom is 0.311 e. The molecule has 7 heteroatoms. The first kappa shape index (κ1) is 20.8. The van der Waals surface area contributed by atoms with Crippen LogP contribution < -0.4 is 5.32 Å². The Morgan fingerprint density at radius 3 is 2.38 bits per heavy atom. The number of carbonyl (C=O) groups is 1. The molecular formula is C19H28FNO4S. The summed E-state index contributed by atoms with van der Waals surface area (Å²) < 4.78 is 43.6. The average molecular weight is 386 g/mol. The Labute approximate surface area is 155 Å². The normalized spacial score (nSPS) is 23.0. The van der Waals surface area contributed by atoms with Crippen molar-refractivity contribution in [3.05, 3.63) is 30.1 Å². The molecule has 2 atom stereocenters. The molecule has 146 valence electrons. The Hall–Kier alpha value is -1.47. The first-order valence-electron chi connectivity index (χ1n) is 8.78. The van der Waals surface area contributed by atoms with Gasteiger partial charge in [0, 0.05) is 5.54 Å². The van der Waals surface area contributed by atoms with Gasteiger partial charge < -0.3 is 10.1 Å². The molecule has 1 unspecified atom stereocenters. The van der Waals surface area contributed by atoms with Crippen molar-refractivity contribution in [3.63, 3.8) is 0 Å². The van der Waals surface area contributed by atoms with Gasteiger partial charge in [-0.3, -0.25) is 4.79 Å². The second kappa shape index (κ2) is 7.27. The van der Waals surface area contributed by atoms with Crippen LogP contribution in [-0.2, 0) is 19.4 Å². The summed E-state index contributed by atoms with van der Waals surface area (Å²) >= 11 is 0. The van der Waals surface area contributed by atoms with E-state index >= 15 is 0 Å². The second-order valence-electron chi connectivity index (χ2n) is 8.44. The van der Waals surface area contributed by atoms with Crippen LogP contribution in [0.3, 0.4) is 0 Å². The number of ether oxygens (including phenoxy) is 1. The van der Waals surface area contributed by atoms with E-state index in [1.165, 1.54) is 12.1 Å². The van der Waals surface area contributed by atoms with Crippen molar-refractivity contribution in [1.82, 2.24) is 5.32 Å². The highest BCUT2D eigenvalue weighted by atomic mass is 32.2. The number of esters is 1. The van der Waals surface area contributed by atoms with Crippen LogP contribution in [0.1, 0.15) is 41.0 Å². The number of sulfone groups is 1. The Morgan fingerprint density at radius 1 is 1.27 bits per heavy atom. The van der Waals surface area contributed by atoms with Crippen molar-refractivity contribution in [2.75, 3.05) is 12.3 Å². The Morgan fingerprint density at radius 2 is 1.85 bits per heavy atom. The molecule has 1 aliphatic rings. The summed E-state index contributed by atoms with van der Waals surface area (Å²) in [4.78, 5) is 12.8. The molecule has 1 aromatic carbocycles. The van der Waals surface area contributed by atoms with Crippen molar-refractivity contribution < 1.29 is 22.3 Å². The Balaban J connectivity index is 2.12. The molecule has 26 heavy (non-hydrogen) atoms. The van der Waals surface area contributed by atoms with Crippen LogP contribution in [0, 0.1) is 17.7 Å². The lowest BCUT2D eigenvalue weighted by atomic mass is 9.81. The van der Waals surface area contributed by atoms with Gasteiger partial charge in [-0.05, 0) is 77.8 Å². The lowest BCUT2D eigenvalue weighted by Gasteiger charge is -2.31. The number of halogens is 1. The Bertz CT molecular complexity index is 751. The van der Waals surface area contributed by atoms with Gasteiger partial charge in [-0.15, -0.1) is 0 Å². The van der Waals surface area contributed by atoms with Crippen LogP contribution in [0.2, 0.25) is 0 Å². The van der Waals surface area contributed by atoms with E-state index in [0.29, 0.717) is 13.0 Å². The average Bonchev–Trinajstić information content (AvgIpc) is 2.79. The van der Waals surface area contributed by atoms with Gasteiger partial charge in [-0.25, -0.2) is 12.8 Å². The minimum Gasteiger partial charge on any atom is -0.460 e. The predicted molar refractivity (Wildman–Crippen MR) is 98.0 cm³/mol. The largest absolute Gasteiger partial charge is 0.460 e. The van der Waals surface area contributed by atoms with Gasteiger partial charge in [0.1, 0.15) is 11.4 Å².